The average molecular weight is 436 g/mol. The molecule has 168 valence electrons. The van der Waals surface area contributed by atoms with Gasteiger partial charge in [0.1, 0.15) is 5.75 Å². The van der Waals surface area contributed by atoms with E-state index >= 15 is 0 Å². The highest BCUT2D eigenvalue weighted by Crippen LogP contribution is 2.34. The highest BCUT2D eigenvalue weighted by atomic mass is 19.4. The summed E-state index contributed by atoms with van der Waals surface area (Å²) in [5.41, 5.74) is 4.70. The first-order valence-corrected chi connectivity index (χ1v) is 10.2. The largest absolute Gasteiger partial charge is 0.484 e. The Balaban J connectivity index is 1.96. The number of aliphatic imine (C=N–C) groups is 1. The van der Waals surface area contributed by atoms with Crippen molar-refractivity contribution in [3.05, 3.63) is 41.0 Å². The van der Waals surface area contributed by atoms with E-state index in [2.05, 4.69) is 9.98 Å². The molecule has 2 aromatic carbocycles. The SMILES string of the molecule is CCOC(CN=Cc1cc(C)c2[nH]c3ccc(OCC(F)(F)F)cc3c2c1C)OCC. The fraction of sp³-hybridized carbons (Fsp3) is 0.435. The number of hydrogen-bond donors (Lipinski definition) is 1. The number of ether oxygens (including phenoxy) is 3. The lowest BCUT2D eigenvalue weighted by molar-refractivity contribution is -0.153. The fourth-order valence-corrected chi connectivity index (χ4v) is 3.57. The Hall–Kier alpha value is -2.58. The van der Waals surface area contributed by atoms with Gasteiger partial charge in [-0.3, -0.25) is 4.99 Å². The molecule has 1 aromatic heterocycles. The first-order valence-electron chi connectivity index (χ1n) is 10.2. The van der Waals surface area contributed by atoms with Crippen LogP contribution in [0, 0.1) is 13.8 Å². The Labute approximate surface area is 179 Å². The first-order chi connectivity index (χ1) is 14.7. The van der Waals surface area contributed by atoms with Crippen LogP contribution in [-0.4, -0.2) is 50.0 Å². The van der Waals surface area contributed by atoms with E-state index in [1.807, 2.05) is 33.8 Å². The molecule has 31 heavy (non-hydrogen) atoms. The fourth-order valence-electron chi connectivity index (χ4n) is 3.57. The zero-order valence-electron chi connectivity index (χ0n) is 18.1. The average Bonchev–Trinajstić information content (AvgIpc) is 3.09. The van der Waals surface area contributed by atoms with Crippen molar-refractivity contribution in [2.24, 2.45) is 4.99 Å². The van der Waals surface area contributed by atoms with Crippen LogP contribution in [0.25, 0.3) is 21.8 Å². The molecule has 0 amide bonds. The van der Waals surface area contributed by atoms with Gasteiger partial charge in [0, 0.05) is 41.2 Å². The van der Waals surface area contributed by atoms with Gasteiger partial charge in [-0.05, 0) is 68.7 Å². The van der Waals surface area contributed by atoms with E-state index in [-0.39, 0.29) is 5.75 Å². The van der Waals surface area contributed by atoms with Crippen molar-refractivity contribution in [1.82, 2.24) is 4.98 Å². The second kappa shape index (κ2) is 9.70. The van der Waals surface area contributed by atoms with Crippen LogP contribution in [0.5, 0.6) is 5.75 Å². The third-order valence-corrected chi connectivity index (χ3v) is 4.94. The van der Waals surface area contributed by atoms with E-state index in [4.69, 9.17) is 14.2 Å². The number of aryl methyl sites for hydroxylation is 2. The summed E-state index contributed by atoms with van der Waals surface area (Å²) in [6.07, 6.45) is -2.99. The summed E-state index contributed by atoms with van der Waals surface area (Å²) in [5, 5.41) is 1.76. The lowest BCUT2D eigenvalue weighted by atomic mass is 9.99. The summed E-state index contributed by atoms with van der Waals surface area (Å²) >= 11 is 0. The van der Waals surface area contributed by atoms with Gasteiger partial charge in [-0.1, -0.05) is 0 Å². The van der Waals surface area contributed by atoms with Crippen LogP contribution in [0.1, 0.15) is 30.5 Å². The molecular weight excluding hydrogens is 409 g/mol. The van der Waals surface area contributed by atoms with Crippen LogP contribution >= 0.6 is 0 Å². The van der Waals surface area contributed by atoms with Crippen molar-refractivity contribution >= 4 is 28.0 Å². The van der Waals surface area contributed by atoms with Gasteiger partial charge in [-0.15, -0.1) is 0 Å². The molecule has 0 saturated carbocycles. The predicted octanol–water partition coefficient (Wildman–Crippen LogP) is 5.70. The molecule has 5 nitrogen and oxygen atoms in total. The molecule has 3 aromatic rings. The third kappa shape index (κ3) is 5.57. The van der Waals surface area contributed by atoms with Gasteiger partial charge >= 0.3 is 6.18 Å². The monoisotopic (exact) mass is 436 g/mol. The highest BCUT2D eigenvalue weighted by molar-refractivity contribution is 6.12. The third-order valence-electron chi connectivity index (χ3n) is 4.94. The minimum atomic E-state index is -4.38. The smallest absolute Gasteiger partial charge is 0.422 e. The minimum absolute atomic E-state index is 0.179. The summed E-state index contributed by atoms with van der Waals surface area (Å²) in [7, 11) is 0. The Kier molecular flexibility index (Phi) is 7.23. The number of aromatic amines is 1. The number of halogens is 3. The molecule has 0 atom stereocenters. The number of fused-ring (bicyclic) bond motifs is 3. The first kappa shape index (κ1) is 23.1. The molecule has 0 bridgehead atoms. The Bertz CT molecular complexity index is 1070. The molecule has 0 aliphatic carbocycles. The normalized spacial score (nSPS) is 12.6. The molecule has 1 heterocycles. The second-order valence-electron chi connectivity index (χ2n) is 7.23. The maximum Gasteiger partial charge on any atom is 0.422 e. The van der Waals surface area contributed by atoms with Crippen molar-refractivity contribution in [2.75, 3.05) is 26.4 Å². The van der Waals surface area contributed by atoms with E-state index in [1.165, 1.54) is 6.07 Å². The predicted molar refractivity (Wildman–Crippen MR) is 116 cm³/mol. The number of alkyl halides is 3. The van der Waals surface area contributed by atoms with Gasteiger partial charge in [-0.25, -0.2) is 0 Å². The van der Waals surface area contributed by atoms with E-state index in [0.717, 1.165) is 38.5 Å². The zero-order chi connectivity index (χ0) is 22.6. The summed E-state index contributed by atoms with van der Waals surface area (Å²) in [4.78, 5) is 7.85. The molecule has 0 unspecified atom stereocenters. The van der Waals surface area contributed by atoms with Crippen molar-refractivity contribution in [3.63, 3.8) is 0 Å². The number of H-pyrrole nitrogens is 1. The lowest BCUT2D eigenvalue weighted by Gasteiger charge is -2.14. The van der Waals surface area contributed by atoms with Crippen molar-refractivity contribution in [1.29, 1.82) is 0 Å². The minimum Gasteiger partial charge on any atom is -0.484 e. The molecular formula is C23H27F3N2O3. The van der Waals surface area contributed by atoms with E-state index in [0.29, 0.717) is 19.8 Å². The summed E-state index contributed by atoms with van der Waals surface area (Å²) in [5.74, 6) is 0.179. The van der Waals surface area contributed by atoms with Crippen LogP contribution in [-0.2, 0) is 9.47 Å². The Morgan fingerprint density at radius 2 is 1.81 bits per heavy atom. The second-order valence-corrected chi connectivity index (χ2v) is 7.23. The van der Waals surface area contributed by atoms with Gasteiger partial charge in [0.05, 0.1) is 6.54 Å². The molecule has 3 rings (SSSR count). The maximum absolute atomic E-state index is 12.5. The van der Waals surface area contributed by atoms with Gasteiger partial charge in [0.15, 0.2) is 12.9 Å². The van der Waals surface area contributed by atoms with Crippen LogP contribution in [0.15, 0.2) is 29.3 Å². The van der Waals surface area contributed by atoms with Crippen LogP contribution in [0.4, 0.5) is 13.2 Å². The molecule has 0 spiro atoms. The molecule has 0 radical (unpaired) electrons. The number of hydrogen-bond acceptors (Lipinski definition) is 4. The Morgan fingerprint density at radius 3 is 2.45 bits per heavy atom. The number of aromatic nitrogens is 1. The molecule has 8 heteroatoms. The summed E-state index contributed by atoms with van der Waals surface area (Å²) in [6.45, 7) is 7.90. The lowest BCUT2D eigenvalue weighted by Crippen LogP contribution is -2.20. The molecule has 1 N–H and O–H groups in total. The zero-order valence-corrected chi connectivity index (χ0v) is 18.1. The number of benzene rings is 2. The van der Waals surface area contributed by atoms with E-state index in [9.17, 15) is 13.2 Å². The molecule has 0 aliphatic heterocycles. The number of nitrogens with one attached hydrogen (secondary N) is 1. The molecule has 0 saturated heterocycles. The summed E-state index contributed by atoms with van der Waals surface area (Å²) < 4.78 is 53.6. The number of nitrogens with zero attached hydrogens (tertiary/aromatic N) is 1. The van der Waals surface area contributed by atoms with Gasteiger partial charge in [0.2, 0.25) is 0 Å². The molecule has 0 aliphatic rings. The van der Waals surface area contributed by atoms with Crippen molar-refractivity contribution in [2.45, 2.75) is 40.2 Å². The molecule has 0 fully saturated rings. The van der Waals surface area contributed by atoms with Crippen molar-refractivity contribution < 1.29 is 27.4 Å². The standard InChI is InChI=1S/C23H27F3N2O3/c1-5-29-20(30-6-2)12-27-11-16-9-14(3)22-21(15(16)4)18-10-17(7-8-19(18)28-22)31-13-23(24,25)26/h7-11,20,28H,5-6,12-13H2,1-4H3. The summed E-state index contributed by atoms with van der Waals surface area (Å²) in [6, 6.07) is 6.96. The van der Waals surface area contributed by atoms with Gasteiger partial charge < -0.3 is 19.2 Å². The van der Waals surface area contributed by atoms with Crippen molar-refractivity contribution in [3.8, 4) is 5.75 Å². The quantitative estimate of drug-likeness (QED) is 0.346. The van der Waals surface area contributed by atoms with E-state index in [1.54, 1.807) is 18.3 Å². The van der Waals surface area contributed by atoms with Crippen LogP contribution in [0.3, 0.4) is 0 Å². The highest BCUT2D eigenvalue weighted by Gasteiger charge is 2.28. The number of rotatable bonds is 9. The van der Waals surface area contributed by atoms with Crippen LogP contribution in [0.2, 0.25) is 0 Å². The topological polar surface area (TPSA) is 55.8 Å². The Morgan fingerprint density at radius 1 is 1.10 bits per heavy atom. The van der Waals surface area contributed by atoms with Gasteiger partial charge in [-0.2, -0.15) is 13.2 Å². The van der Waals surface area contributed by atoms with E-state index < -0.39 is 19.1 Å². The van der Waals surface area contributed by atoms with Gasteiger partial charge in [0.25, 0.3) is 0 Å². The van der Waals surface area contributed by atoms with Crippen LogP contribution < -0.4 is 4.74 Å². The maximum atomic E-state index is 12.5.